The molecule has 92 valence electrons. The number of rotatable bonds is 6. The van der Waals surface area contributed by atoms with Crippen LogP contribution in [0, 0.1) is 11.8 Å². The highest BCUT2D eigenvalue weighted by Crippen LogP contribution is 2.25. The molecule has 0 aliphatic carbocycles. The van der Waals surface area contributed by atoms with Crippen LogP contribution < -0.4 is 5.32 Å². The minimum Gasteiger partial charge on any atom is -0.314 e. The minimum absolute atomic E-state index is 0.575. The molecule has 0 bridgehead atoms. The summed E-state index contributed by atoms with van der Waals surface area (Å²) in [6.45, 7) is 10.1. The zero-order chi connectivity index (χ0) is 12.1. The standard InChI is InChI=1S/C13H22ClNS/c1-9(2)15-8-11(4)10(3)7-12-5-6-13(14)16-12/h5-6,9-11,15H,7-8H2,1-4H3. The fourth-order valence-electron chi connectivity index (χ4n) is 1.60. The van der Waals surface area contributed by atoms with Crippen LogP contribution in [0.4, 0.5) is 0 Å². The molecular formula is C13H22ClNS. The summed E-state index contributed by atoms with van der Waals surface area (Å²) in [4.78, 5) is 1.40. The number of hydrogen-bond donors (Lipinski definition) is 1. The summed E-state index contributed by atoms with van der Waals surface area (Å²) < 4.78 is 0.898. The fourth-order valence-corrected chi connectivity index (χ4v) is 2.83. The Labute approximate surface area is 108 Å². The summed E-state index contributed by atoms with van der Waals surface area (Å²) >= 11 is 7.64. The van der Waals surface area contributed by atoms with E-state index in [0.717, 1.165) is 17.3 Å². The van der Waals surface area contributed by atoms with Crippen LogP contribution in [0.15, 0.2) is 12.1 Å². The molecular weight excluding hydrogens is 238 g/mol. The second-order valence-corrected chi connectivity index (χ2v) is 6.73. The van der Waals surface area contributed by atoms with Gasteiger partial charge in [0.25, 0.3) is 0 Å². The Morgan fingerprint density at radius 1 is 1.19 bits per heavy atom. The summed E-state index contributed by atoms with van der Waals surface area (Å²) in [7, 11) is 0. The maximum atomic E-state index is 5.93. The van der Waals surface area contributed by atoms with Gasteiger partial charge in [-0.05, 0) is 36.9 Å². The lowest BCUT2D eigenvalue weighted by atomic mass is 9.92. The smallest absolute Gasteiger partial charge is 0.0931 e. The van der Waals surface area contributed by atoms with E-state index in [1.807, 2.05) is 6.07 Å². The molecule has 0 aliphatic heterocycles. The van der Waals surface area contributed by atoms with Crippen molar-refractivity contribution < 1.29 is 0 Å². The van der Waals surface area contributed by atoms with Crippen LogP contribution in [-0.4, -0.2) is 12.6 Å². The third kappa shape index (κ3) is 4.86. The Morgan fingerprint density at radius 3 is 2.38 bits per heavy atom. The molecule has 1 heterocycles. The fraction of sp³-hybridized carbons (Fsp3) is 0.692. The number of halogens is 1. The summed E-state index contributed by atoms with van der Waals surface area (Å²) in [5, 5.41) is 3.49. The largest absolute Gasteiger partial charge is 0.314 e. The van der Waals surface area contributed by atoms with Gasteiger partial charge >= 0.3 is 0 Å². The van der Waals surface area contributed by atoms with Gasteiger partial charge in [-0.15, -0.1) is 11.3 Å². The lowest BCUT2D eigenvalue weighted by Gasteiger charge is -2.21. The SMILES string of the molecule is CC(C)NCC(C)C(C)Cc1ccc(Cl)s1. The Kier molecular flexibility index (Phi) is 5.81. The van der Waals surface area contributed by atoms with Gasteiger partial charge in [0.2, 0.25) is 0 Å². The average Bonchev–Trinajstić information content (AvgIpc) is 2.60. The van der Waals surface area contributed by atoms with Gasteiger partial charge in [0, 0.05) is 10.9 Å². The summed E-state index contributed by atoms with van der Waals surface area (Å²) in [6.07, 6.45) is 1.14. The van der Waals surface area contributed by atoms with Gasteiger partial charge in [0.15, 0.2) is 0 Å². The molecule has 0 spiro atoms. The second kappa shape index (κ2) is 6.63. The van der Waals surface area contributed by atoms with Crippen molar-refractivity contribution in [3.05, 3.63) is 21.3 Å². The Hall–Kier alpha value is -0.0500. The van der Waals surface area contributed by atoms with Gasteiger partial charge in [-0.25, -0.2) is 0 Å². The maximum absolute atomic E-state index is 5.93. The van der Waals surface area contributed by atoms with E-state index in [4.69, 9.17) is 11.6 Å². The molecule has 0 saturated heterocycles. The third-order valence-corrected chi connectivity index (χ3v) is 4.22. The molecule has 1 nitrogen and oxygen atoms in total. The van der Waals surface area contributed by atoms with Crippen LogP contribution in [0.2, 0.25) is 4.34 Å². The van der Waals surface area contributed by atoms with Gasteiger partial charge in [-0.1, -0.05) is 39.3 Å². The predicted molar refractivity (Wildman–Crippen MR) is 74.5 cm³/mol. The molecule has 2 unspecified atom stereocenters. The molecule has 0 radical (unpaired) electrons. The highest BCUT2D eigenvalue weighted by atomic mass is 35.5. The van der Waals surface area contributed by atoms with Crippen LogP contribution in [0.3, 0.4) is 0 Å². The molecule has 2 atom stereocenters. The van der Waals surface area contributed by atoms with E-state index in [1.165, 1.54) is 4.88 Å². The molecule has 1 N–H and O–H groups in total. The first kappa shape index (κ1) is 14.0. The Bertz CT molecular complexity index is 309. The molecule has 16 heavy (non-hydrogen) atoms. The quantitative estimate of drug-likeness (QED) is 0.807. The monoisotopic (exact) mass is 259 g/mol. The normalized spacial score (nSPS) is 15.4. The lowest BCUT2D eigenvalue weighted by Crippen LogP contribution is -2.30. The van der Waals surface area contributed by atoms with Crippen molar-refractivity contribution in [3.63, 3.8) is 0 Å². The van der Waals surface area contributed by atoms with E-state index in [9.17, 15) is 0 Å². The lowest BCUT2D eigenvalue weighted by molar-refractivity contribution is 0.355. The van der Waals surface area contributed by atoms with E-state index in [-0.39, 0.29) is 0 Å². The van der Waals surface area contributed by atoms with Crippen LogP contribution in [-0.2, 0) is 6.42 Å². The molecule has 0 saturated carbocycles. The summed E-state index contributed by atoms with van der Waals surface area (Å²) in [6, 6.07) is 4.71. The maximum Gasteiger partial charge on any atom is 0.0931 e. The van der Waals surface area contributed by atoms with Crippen molar-refractivity contribution in [1.82, 2.24) is 5.32 Å². The van der Waals surface area contributed by atoms with E-state index >= 15 is 0 Å². The van der Waals surface area contributed by atoms with Crippen molar-refractivity contribution in [3.8, 4) is 0 Å². The van der Waals surface area contributed by atoms with Gasteiger partial charge in [-0.3, -0.25) is 0 Å². The van der Waals surface area contributed by atoms with Gasteiger partial charge < -0.3 is 5.32 Å². The zero-order valence-electron chi connectivity index (χ0n) is 10.6. The first-order valence-electron chi connectivity index (χ1n) is 5.96. The van der Waals surface area contributed by atoms with Crippen molar-refractivity contribution in [2.24, 2.45) is 11.8 Å². The topological polar surface area (TPSA) is 12.0 Å². The van der Waals surface area contributed by atoms with E-state index in [2.05, 4.69) is 39.1 Å². The van der Waals surface area contributed by atoms with E-state index in [0.29, 0.717) is 17.9 Å². The molecule has 0 fully saturated rings. The van der Waals surface area contributed by atoms with Crippen LogP contribution in [0.25, 0.3) is 0 Å². The molecule has 1 rings (SSSR count). The highest BCUT2D eigenvalue weighted by molar-refractivity contribution is 7.16. The third-order valence-electron chi connectivity index (χ3n) is 2.97. The van der Waals surface area contributed by atoms with Gasteiger partial charge in [0.05, 0.1) is 4.34 Å². The molecule has 1 aromatic rings. The Morgan fingerprint density at radius 2 is 1.88 bits per heavy atom. The van der Waals surface area contributed by atoms with Gasteiger partial charge in [0.1, 0.15) is 0 Å². The number of hydrogen-bond acceptors (Lipinski definition) is 2. The highest BCUT2D eigenvalue weighted by Gasteiger charge is 2.14. The van der Waals surface area contributed by atoms with Crippen molar-refractivity contribution in [2.45, 2.75) is 40.2 Å². The number of nitrogens with one attached hydrogen (secondary N) is 1. The minimum atomic E-state index is 0.575. The Balaban J connectivity index is 2.36. The molecule has 0 amide bonds. The van der Waals surface area contributed by atoms with E-state index < -0.39 is 0 Å². The molecule has 1 aromatic heterocycles. The van der Waals surface area contributed by atoms with Crippen LogP contribution in [0.1, 0.15) is 32.6 Å². The van der Waals surface area contributed by atoms with Crippen molar-refractivity contribution >= 4 is 22.9 Å². The number of thiophene rings is 1. The van der Waals surface area contributed by atoms with Crippen LogP contribution in [0.5, 0.6) is 0 Å². The molecule has 0 aliphatic rings. The average molecular weight is 260 g/mol. The summed E-state index contributed by atoms with van der Waals surface area (Å²) in [5.74, 6) is 1.39. The first-order chi connectivity index (χ1) is 7.49. The zero-order valence-corrected chi connectivity index (χ0v) is 12.2. The first-order valence-corrected chi connectivity index (χ1v) is 7.16. The van der Waals surface area contributed by atoms with Crippen molar-refractivity contribution in [2.75, 3.05) is 6.54 Å². The second-order valence-electron chi connectivity index (χ2n) is 4.93. The van der Waals surface area contributed by atoms with Crippen LogP contribution >= 0.6 is 22.9 Å². The van der Waals surface area contributed by atoms with Crippen molar-refractivity contribution in [1.29, 1.82) is 0 Å². The summed E-state index contributed by atoms with van der Waals surface area (Å²) in [5.41, 5.74) is 0. The van der Waals surface area contributed by atoms with E-state index in [1.54, 1.807) is 11.3 Å². The molecule has 3 heteroatoms. The predicted octanol–water partition coefficient (Wildman–Crippen LogP) is 4.21. The van der Waals surface area contributed by atoms with Gasteiger partial charge in [-0.2, -0.15) is 0 Å². The molecule has 0 aromatic carbocycles.